The van der Waals surface area contributed by atoms with Crippen molar-refractivity contribution in [3.63, 3.8) is 0 Å². The molecule has 5 heteroatoms. The Bertz CT molecular complexity index is 870. The highest BCUT2D eigenvalue weighted by Gasteiger charge is 2.18. The Labute approximate surface area is 126 Å². The van der Waals surface area contributed by atoms with E-state index in [2.05, 4.69) is 4.98 Å². The van der Waals surface area contributed by atoms with Crippen LogP contribution in [0.4, 0.5) is 0 Å². The third kappa shape index (κ3) is 2.13. The van der Waals surface area contributed by atoms with Gasteiger partial charge in [-0.25, -0.2) is 4.79 Å². The number of ether oxygens (including phenoxy) is 3. The number of esters is 1. The molecule has 0 spiro atoms. The quantitative estimate of drug-likeness (QED) is 0.536. The van der Waals surface area contributed by atoms with Gasteiger partial charge in [-0.3, -0.25) is 4.98 Å². The molecule has 0 radical (unpaired) electrons. The van der Waals surface area contributed by atoms with Crippen LogP contribution in [-0.2, 0) is 0 Å². The van der Waals surface area contributed by atoms with Crippen molar-refractivity contribution < 1.29 is 19.0 Å². The monoisotopic (exact) mass is 293 g/mol. The Morgan fingerprint density at radius 1 is 1.05 bits per heavy atom. The number of nitrogens with zero attached hydrogens (tertiary/aromatic N) is 1. The van der Waals surface area contributed by atoms with Crippen molar-refractivity contribution in [2.24, 2.45) is 0 Å². The fourth-order valence-corrected chi connectivity index (χ4v) is 2.34. The third-order valence-corrected chi connectivity index (χ3v) is 3.41. The van der Waals surface area contributed by atoms with Crippen LogP contribution in [-0.4, -0.2) is 17.7 Å². The topological polar surface area (TPSA) is 57.7 Å². The van der Waals surface area contributed by atoms with E-state index < -0.39 is 5.97 Å². The zero-order valence-corrected chi connectivity index (χ0v) is 11.5. The normalized spacial score (nSPS) is 12.4. The van der Waals surface area contributed by atoms with Gasteiger partial charge in [0.2, 0.25) is 6.79 Å². The number of aromatic nitrogens is 1. The third-order valence-electron chi connectivity index (χ3n) is 3.41. The van der Waals surface area contributed by atoms with Crippen LogP contribution >= 0.6 is 0 Å². The fraction of sp³-hybridized carbons (Fsp3) is 0.0588. The van der Waals surface area contributed by atoms with Gasteiger partial charge in [0.1, 0.15) is 5.52 Å². The molecule has 108 valence electrons. The van der Waals surface area contributed by atoms with Gasteiger partial charge in [0.15, 0.2) is 17.2 Å². The van der Waals surface area contributed by atoms with Gasteiger partial charge in [-0.1, -0.05) is 18.2 Å². The number of carbonyl (C=O) groups excluding carboxylic acids is 1. The molecule has 2 aromatic carbocycles. The minimum absolute atomic E-state index is 0.168. The highest BCUT2D eigenvalue weighted by atomic mass is 16.7. The second-order valence-electron chi connectivity index (χ2n) is 4.79. The fourth-order valence-electron chi connectivity index (χ4n) is 2.34. The van der Waals surface area contributed by atoms with Crippen LogP contribution in [0.5, 0.6) is 17.2 Å². The van der Waals surface area contributed by atoms with Crippen molar-refractivity contribution in [3.05, 3.63) is 60.3 Å². The average molecular weight is 293 g/mol. The summed E-state index contributed by atoms with van der Waals surface area (Å²) in [5.74, 6) is 1.14. The summed E-state index contributed by atoms with van der Waals surface area (Å²) in [5.41, 5.74) is 1.05. The number of carbonyl (C=O) groups is 1. The van der Waals surface area contributed by atoms with Gasteiger partial charge in [-0.2, -0.15) is 0 Å². The van der Waals surface area contributed by atoms with Gasteiger partial charge in [0.25, 0.3) is 0 Å². The Morgan fingerprint density at radius 2 is 1.91 bits per heavy atom. The molecule has 0 bridgehead atoms. The number of pyridine rings is 1. The van der Waals surface area contributed by atoms with E-state index in [1.807, 2.05) is 24.3 Å². The van der Waals surface area contributed by atoms with Crippen LogP contribution in [0, 0.1) is 0 Å². The van der Waals surface area contributed by atoms with Crippen molar-refractivity contribution in [1.29, 1.82) is 0 Å². The molecule has 0 atom stereocenters. The number of hydrogen-bond acceptors (Lipinski definition) is 5. The molecule has 1 aliphatic rings. The summed E-state index contributed by atoms with van der Waals surface area (Å²) in [6, 6.07) is 14.2. The maximum atomic E-state index is 12.3. The molecule has 4 rings (SSSR count). The summed E-state index contributed by atoms with van der Waals surface area (Å²) in [5, 5.41) is 0.915. The molecule has 22 heavy (non-hydrogen) atoms. The van der Waals surface area contributed by atoms with Crippen LogP contribution in [0.25, 0.3) is 10.9 Å². The lowest BCUT2D eigenvalue weighted by molar-refractivity contribution is 0.0736. The minimum atomic E-state index is -0.462. The lowest BCUT2D eigenvalue weighted by atomic mass is 10.2. The molecule has 0 N–H and O–H groups in total. The summed E-state index contributed by atoms with van der Waals surface area (Å²) < 4.78 is 16.0. The van der Waals surface area contributed by atoms with Crippen LogP contribution in [0.2, 0.25) is 0 Å². The Morgan fingerprint density at radius 3 is 2.86 bits per heavy atom. The van der Waals surface area contributed by atoms with E-state index in [1.165, 1.54) is 0 Å². The van der Waals surface area contributed by atoms with E-state index in [-0.39, 0.29) is 6.79 Å². The zero-order chi connectivity index (χ0) is 14.9. The van der Waals surface area contributed by atoms with Crippen molar-refractivity contribution in [1.82, 2.24) is 4.98 Å². The predicted molar refractivity (Wildman–Crippen MR) is 79.3 cm³/mol. The predicted octanol–water partition coefficient (Wildman–Crippen LogP) is 3.18. The summed E-state index contributed by atoms with van der Waals surface area (Å²) in [6.45, 7) is 0.168. The Kier molecular flexibility index (Phi) is 2.89. The number of rotatable bonds is 2. The van der Waals surface area contributed by atoms with Gasteiger partial charge in [0.05, 0.1) is 5.56 Å². The molecule has 0 amide bonds. The second kappa shape index (κ2) is 5.04. The zero-order valence-electron chi connectivity index (χ0n) is 11.5. The van der Waals surface area contributed by atoms with Gasteiger partial charge in [-0.15, -0.1) is 0 Å². The summed E-state index contributed by atoms with van der Waals surface area (Å²) in [7, 11) is 0. The van der Waals surface area contributed by atoms with Gasteiger partial charge in [-0.05, 0) is 30.3 Å². The lowest BCUT2D eigenvalue weighted by Crippen LogP contribution is -2.08. The van der Waals surface area contributed by atoms with Gasteiger partial charge in [0, 0.05) is 11.6 Å². The van der Waals surface area contributed by atoms with E-state index in [4.69, 9.17) is 14.2 Å². The first-order valence-corrected chi connectivity index (χ1v) is 6.77. The maximum absolute atomic E-state index is 12.3. The van der Waals surface area contributed by atoms with Crippen LogP contribution < -0.4 is 14.2 Å². The standard InChI is InChI=1S/C17H11NO4/c19-17(12-6-7-13-15(9-12)21-10-20-13)22-14-5-1-3-11-4-2-8-18-16(11)14/h1-9H,10H2. The molecule has 0 saturated carbocycles. The molecule has 0 aliphatic carbocycles. The second-order valence-corrected chi connectivity index (χ2v) is 4.79. The van der Waals surface area contributed by atoms with Crippen LogP contribution in [0.3, 0.4) is 0 Å². The van der Waals surface area contributed by atoms with Gasteiger partial charge < -0.3 is 14.2 Å². The molecule has 5 nitrogen and oxygen atoms in total. The highest BCUT2D eigenvalue weighted by Crippen LogP contribution is 2.33. The maximum Gasteiger partial charge on any atom is 0.343 e. The first-order chi connectivity index (χ1) is 10.8. The van der Waals surface area contributed by atoms with Crippen LogP contribution in [0.1, 0.15) is 10.4 Å². The molecule has 0 unspecified atom stereocenters. The molecule has 0 saturated heterocycles. The van der Waals surface area contributed by atoms with Gasteiger partial charge >= 0.3 is 5.97 Å². The molecular formula is C17H11NO4. The molecule has 0 fully saturated rings. The van der Waals surface area contributed by atoms with Crippen molar-refractivity contribution in [3.8, 4) is 17.2 Å². The highest BCUT2D eigenvalue weighted by molar-refractivity contribution is 5.94. The van der Waals surface area contributed by atoms with Crippen molar-refractivity contribution >= 4 is 16.9 Å². The van der Waals surface area contributed by atoms with Crippen molar-refractivity contribution in [2.75, 3.05) is 6.79 Å². The van der Waals surface area contributed by atoms with E-state index >= 15 is 0 Å². The number of fused-ring (bicyclic) bond motifs is 2. The smallest absolute Gasteiger partial charge is 0.343 e. The van der Waals surface area contributed by atoms with E-state index in [1.54, 1.807) is 30.5 Å². The Hall–Kier alpha value is -3.08. The molecule has 1 aromatic heterocycles. The molecule has 2 heterocycles. The van der Waals surface area contributed by atoms with E-state index in [0.29, 0.717) is 28.3 Å². The first kappa shape index (κ1) is 12.6. The first-order valence-electron chi connectivity index (χ1n) is 6.77. The molecule has 1 aliphatic heterocycles. The van der Waals surface area contributed by atoms with Crippen molar-refractivity contribution in [2.45, 2.75) is 0 Å². The van der Waals surface area contributed by atoms with E-state index in [0.717, 1.165) is 5.39 Å². The molecular weight excluding hydrogens is 282 g/mol. The summed E-state index contributed by atoms with van der Waals surface area (Å²) >= 11 is 0. The SMILES string of the molecule is O=C(Oc1cccc2cccnc12)c1ccc2c(c1)OCO2. The molecule has 3 aromatic rings. The number of benzene rings is 2. The van der Waals surface area contributed by atoms with E-state index in [9.17, 15) is 4.79 Å². The average Bonchev–Trinajstić information content (AvgIpc) is 3.02. The lowest BCUT2D eigenvalue weighted by Gasteiger charge is -2.07. The summed E-state index contributed by atoms with van der Waals surface area (Å²) in [6.07, 6.45) is 1.67. The number of hydrogen-bond donors (Lipinski definition) is 0. The largest absolute Gasteiger partial charge is 0.454 e. The number of para-hydroxylation sites is 1. The minimum Gasteiger partial charge on any atom is -0.454 e. The van der Waals surface area contributed by atoms with Crippen LogP contribution in [0.15, 0.2) is 54.7 Å². The summed E-state index contributed by atoms with van der Waals surface area (Å²) in [4.78, 5) is 16.6. The Balaban J connectivity index is 1.66.